The minimum atomic E-state index is -0.924. The molecule has 116 valence electrons. The summed E-state index contributed by atoms with van der Waals surface area (Å²) in [5.41, 5.74) is 0.0752. The number of carbonyl (C=O) groups is 1. The van der Waals surface area contributed by atoms with E-state index in [1.165, 1.54) is 18.2 Å². The van der Waals surface area contributed by atoms with E-state index >= 15 is 0 Å². The Kier molecular flexibility index (Phi) is 4.58. The molecule has 7 heteroatoms. The molecule has 0 aliphatic carbocycles. The van der Waals surface area contributed by atoms with Crippen LogP contribution in [0.25, 0.3) is 0 Å². The molecule has 2 heterocycles. The van der Waals surface area contributed by atoms with Crippen molar-refractivity contribution in [1.82, 2.24) is 9.88 Å². The van der Waals surface area contributed by atoms with Crippen LogP contribution >= 0.6 is 11.6 Å². The van der Waals surface area contributed by atoms with Crippen molar-refractivity contribution in [2.24, 2.45) is 5.41 Å². The molecular formula is C14H19ClN2O4. The molecule has 6 nitrogen and oxygen atoms in total. The number of aliphatic hydroxyl groups is 1. The molecule has 0 spiro atoms. The van der Waals surface area contributed by atoms with E-state index in [0.717, 1.165) is 0 Å². The zero-order valence-electron chi connectivity index (χ0n) is 12.0. The molecule has 1 aromatic rings. The van der Waals surface area contributed by atoms with E-state index in [1.807, 2.05) is 6.92 Å². The fourth-order valence-corrected chi connectivity index (χ4v) is 2.81. The molecule has 1 amide bonds. The van der Waals surface area contributed by atoms with Crippen molar-refractivity contribution < 1.29 is 19.7 Å². The van der Waals surface area contributed by atoms with E-state index < -0.39 is 17.6 Å². The molecule has 1 aliphatic heterocycles. The van der Waals surface area contributed by atoms with Gasteiger partial charge in [-0.2, -0.15) is 0 Å². The zero-order chi connectivity index (χ0) is 15.6. The summed E-state index contributed by atoms with van der Waals surface area (Å²) < 4.78 is 5.11. The van der Waals surface area contributed by atoms with Gasteiger partial charge in [-0.25, -0.2) is 9.78 Å². The standard InChI is InChI=1S/C14H19ClN2O4/c1-14(3-5-17(6-4-14)13(19)20)11(18)10-7-9(21-2)8-16-12(10)15/h7-8,11,18H,3-6H2,1-2H3,(H,19,20). The molecule has 1 aromatic heterocycles. The minimum absolute atomic E-state index is 0.241. The van der Waals surface area contributed by atoms with Gasteiger partial charge in [0, 0.05) is 24.1 Å². The van der Waals surface area contributed by atoms with Gasteiger partial charge in [0.25, 0.3) is 0 Å². The number of methoxy groups -OCH3 is 1. The number of likely N-dealkylation sites (tertiary alicyclic amines) is 1. The summed E-state index contributed by atoms with van der Waals surface area (Å²) in [5, 5.41) is 19.9. The first-order valence-corrected chi connectivity index (χ1v) is 7.10. The molecule has 1 atom stereocenters. The molecule has 2 rings (SSSR count). The smallest absolute Gasteiger partial charge is 0.407 e. The van der Waals surface area contributed by atoms with E-state index in [-0.39, 0.29) is 5.15 Å². The number of rotatable bonds is 3. The van der Waals surface area contributed by atoms with Gasteiger partial charge in [0.1, 0.15) is 10.9 Å². The fraction of sp³-hybridized carbons (Fsp3) is 0.571. The maximum Gasteiger partial charge on any atom is 0.407 e. The molecule has 21 heavy (non-hydrogen) atoms. The predicted octanol–water partition coefficient (Wildman–Crippen LogP) is 2.56. The molecule has 0 aromatic carbocycles. The van der Waals surface area contributed by atoms with Crippen LogP contribution in [0, 0.1) is 5.41 Å². The Morgan fingerprint density at radius 1 is 1.52 bits per heavy atom. The second-order valence-electron chi connectivity index (χ2n) is 5.58. The number of ether oxygens (including phenoxy) is 1. The van der Waals surface area contributed by atoms with Crippen molar-refractivity contribution in [3.8, 4) is 5.75 Å². The predicted molar refractivity (Wildman–Crippen MR) is 77.7 cm³/mol. The maximum absolute atomic E-state index is 11.0. The first-order valence-electron chi connectivity index (χ1n) is 6.73. The summed E-state index contributed by atoms with van der Waals surface area (Å²) in [4.78, 5) is 16.3. The lowest BCUT2D eigenvalue weighted by molar-refractivity contribution is -0.0101. The number of carboxylic acid groups (broad SMARTS) is 1. The number of halogens is 1. The summed E-state index contributed by atoms with van der Waals surface area (Å²) in [6.07, 6.45) is 0.881. The first-order chi connectivity index (χ1) is 9.87. The summed E-state index contributed by atoms with van der Waals surface area (Å²) in [5.74, 6) is 0.528. The quantitative estimate of drug-likeness (QED) is 0.838. The van der Waals surface area contributed by atoms with Crippen LogP contribution in [0.15, 0.2) is 12.3 Å². The lowest BCUT2D eigenvalue weighted by atomic mass is 9.73. The molecule has 1 aliphatic rings. The van der Waals surface area contributed by atoms with Crippen molar-refractivity contribution in [2.75, 3.05) is 20.2 Å². The lowest BCUT2D eigenvalue weighted by Gasteiger charge is -2.41. The Balaban J connectivity index is 2.19. The summed E-state index contributed by atoms with van der Waals surface area (Å²) in [6, 6.07) is 1.68. The monoisotopic (exact) mass is 314 g/mol. The molecule has 1 saturated heterocycles. The second kappa shape index (κ2) is 6.07. The van der Waals surface area contributed by atoms with Crippen molar-refractivity contribution in [3.63, 3.8) is 0 Å². The topological polar surface area (TPSA) is 82.9 Å². The van der Waals surface area contributed by atoms with E-state index in [9.17, 15) is 9.90 Å². The summed E-state index contributed by atoms with van der Waals surface area (Å²) in [6.45, 7) is 2.74. The van der Waals surface area contributed by atoms with Gasteiger partial charge in [-0.3, -0.25) is 0 Å². The number of hydrogen-bond donors (Lipinski definition) is 2. The van der Waals surface area contributed by atoms with Crippen molar-refractivity contribution in [1.29, 1.82) is 0 Å². The third-order valence-electron chi connectivity index (χ3n) is 4.21. The van der Waals surface area contributed by atoms with Crippen LogP contribution in [0.2, 0.25) is 5.15 Å². The number of pyridine rings is 1. The van der Waals surface area contributed by atoms with Crippen LogP contribution in [0.3, 0.4) is 0 Å². The molecule has 2 N–H and O–H groups in total. The Morgan fingerprint density at radius 3 is 2.67 bits per heavy atom. The number of nitrogens with zero attached hydrogens (tertiary/aromatic N) is 2. The second-order valence-corrected chi connectivity index (χ2v) is 5.94. The summed E-state index contributed by atoms with van der Waals surface area (Å²) in [7, 11) is 1.52. The van der Waals surface area contributed by atoms with Crippen LogP contribution in [0.1, 0.15) is 31.4 Å². The van der Waals surface area contributed by atoms with Gasteiger partial charge in [-0.05, 0) is 18.9 Å². The van der Waals surface area contributed by atoms with E-state index in [2.05, 4.69) is 4.98 Å². The average molecular weight is 315 g/mol. The summed E-state index contributed by atoms with van der Waals surface area (Å²) >= 11 is 6.08. The number of hydrogen-bond acceptors (Lipinski definition) is 4. The van der Waals surface area contributed by atoms with Gasteiger partial charge in [-0.1, -0.05) is 18.5 Å². The molecule has 0 bridgehead atoms. The third kappa shape index (κ3) is 3.22. The van der Waals surface area contributed by atoms with Crippen LogP contribution in [-0.4, -0.2) is 46.4 Å². The van der Waals surface area contributed by atoms with E-state index in [4.69, 9.17) is 21.4 Å². The molecule has 1 fully saturated rings. The fourth-order valence-electron chi connectivity index (χ4n) is 2.61. The maximum atomic E-state index is 11.0. The Labute approximate surface area is 128 Å². The van der Waals surface area contributed by atoms with Gasteiger partial charge < -0.3 is 19.8 Å². The van der Waals surface area contributed by atoms with Crippen molar-refractivity contribution in [2.45, 2.75) is 25.9 Å². The van der Waals surface area contributed by atoms with Gasteiger partial charge in [-0.15, -0.1) is 0 Å². The Hall–Kier alpha value is -1.53. The van der Waals surface area contributed by atoms with E-state index in [1.54, 1.807) is 6.07 Å². The normalized spacial score (nSPS) is 19.1. The minimum Gasteiger partial charge on any atom is -0.495 e. The first kappa shape index (κ1) is 15.9. The number of piperidine rings is 1. The number of aromatic nitrogens is 1. The Morgan fingerprint density at radius 2 is 2.14 bits per heavy atom. The number of aliphatic hydroxyl groups excluding tert-OH is 1. The van der Waals surface area contributed by atoms with Gasteiger partial charge >= 0.3 is 6.09 Å². The largest absolute Gasteiger partial charge is 0.495 e. The molecule has 1 unspecified atom stereocenters. The van der Waals surface area contributed by atoms with Crippen LogP contribution in [-0.2, 0) is 0 Å². The van der Waals surface area contributed by atoms with Crippen molar-refractivity contribution in [3.05, 3.63) is 23.0 Å². The highest BCUT2D eigenvalue weighted by Gasteiger charge is 2.39. The van der Waals surface area contributed by atoms with Gasteiger partial charge in [0.15, 0.2) is 0 Å². The van der Waals surface area contributed by atoms with Crippen LogP contribution in [0.5, 0.6) is 5.75 Å². The zero-order valence-corrected chi connectivity index (χ0v) is 12.8. The SMILES string of the molecule is COc1cnc(Cl)c(C(O)C2(C)CCN(C(=O)O)CC2)c1. The highest BCUT2D eigenvalue weighted by atomic mass is 35.5. The molecule has 0 saturated carbocycles. The van der Waals surface area contributed by atoms with E-state index in [0.29, 0.717) is 37.2 Å². The third-order valence-corrected chi connectivity index (χ3v) is 4.52. The Bertz CT molecular complexity index is 530. The lowest BCUT2D eigenvalue weighted by Crippen LogP contribution is -2.43. The van der Waals surface area contributed by atoms with Crippen LogP contribution in [0.4, 0.5) is 4.79 Å². The van der Waals surface area contributed by atoms with Crippen molar-refractivity contribution >= 4 is 17.7 Å². The number of amides is 1. The highest BCUT2D eigenvalue weighted by molar-refractivity contribution is 6.30. The molecule has 0 radical (unpaired) electrons. The van der Waals surface area contributed by atoms with Gasteiger partial charge in [0.2, 0.25) is 0 Å². The van der Waals surface area contributed by atoms with Gasteiger partial charge in [0.05, 0.1) is 19.4 Å². The highest BCUT2D eigenvalue weighted by Crippen LogP contribution is 2.44. The molecular weight excluding hydrogens is 296 g/mol. The van der Waals surface area contributed by atoms with Crippen LogP contribution < -0.4 is 4.74 Å². The average Bonchev–Trinajstić information content (AvgIpc) is 2.47.